The van der Waals surface area contributed by atoms with E-state index in [0.29, 0.717) is 6.42 Å². The monoisotopic (exact) mass is 214 g/mol. The molecule has 0 fully saturated rings. The van der Waals surface area contributed by atoms with Gasteiger partial charge in [-0.05, 0) is 17.4 Å². The van der Waals surface area contributed by atoms with E-state index in [2.05, 4.69) is 22.6 Å². The lowest BCUT2D eigenvalue weighted by molar-refractivity contribution is 0.365. The normalized spacial score (nSPS) is 15.3. The molecular formula is C5H8FI. The third-order valence-electron chi connectivity index (χ3n) is 0.550. The average Bonchev–Trinajstić information content (AvgIpc) is 1.61. The summed E-state index contributed by atoms with van der Waals surface area (Å²) in [5.41, 5.74) is 0. The van der Waals surface area contributed by atoms with Gasteiger partial charge in [-0.2, -0.15) is 0 Å². The van der Waals surface area contributed by atoms with Crippen LogP contribution >= 0.6 is 22.6 Å². The summed E-state index contributed by atoms with van der Waals surface area (Å²) >= 11 is 2.07. The van der Waals surface area contributed by atoms with Gasteiger partial charge in [0, 0.05) is 0 Å². The smallest absolute Gasteiger partial charge is 0.101 e. The first-order valence-corrected chi connectivity index (χ1v) is 3.41. The van der Waals surface area contributed by atoms with Crippen molar-refractivity contribution in [2.75, 3.05) is 0 Å². The topological polar surface area (TPSA) is 0 Å². The Labute approximate surface area is 56.9 Å². The van der Waals surface area contributed by atoms with Gasteiger partial charge in [-0.25, -0.2) is 4.39 Å². The van der Waals surface area contributed by atoms with Crippen LogP contribution in [0.5, 0.6) is 0 Å². The van der Waals surface area contributed by atoms with Gasteiger partial charge >= 0.3 is 0 Å². The van der Waals surface area contributed by atoms with Gasteiger partial charge < -0.3 is 0 Å². The molecule has 0 heterocycles. The van der Waals surface area contributed by atoms with Crippen LogP contribution in [0.1, 0.15) is 13.3 Å². The lowest BCUT2D eigenvalue weighted by Gasteiger charge is -1.89. The maximum absolute atomic E-state index is 11.8. The molecule has 0 saturated heterocycles. The molecule has 0 radical (unpaired) electrons. The second-order valence-electron chi connectivity index (χ2n) is 1.38. The Bertz CT molecular complexity index is 59.1. The largest absolute Gasteiger partial charge is 0.247 e. The van der Waals surface area contributed by atoms with Crippen LogP contribution in [0.25, 0.3) is 0 Å². The Morgan fingerprint density at radius 2 is 2.43 bits per heavy atom. The highest BCUT2D eigenvalue weighted by molar-refractivity contribution is 14.1. The van der Waals surface area contributed by atoms with Crippen molar-refractivity contribution in [3.05, 3.63) is 10.2 Å². The number of rotatable bonds is 2. The molecule has 7 heavy (non-hydrogen) atoms. The molecule has 0 nitrogen and oxygen atoms in total. The maximum Gasteiger partial charge on any atom is 0.101 e. The summed E-state index contributed by atoms with van der Waals surface area (Å²) in [6, 6.07) is 0. The number of hydrogen-bond donors (Lipinski definition) is 0. The molecule has 0 spiro atoms. The van der Waals surface area contributed by atoms with Crippen LogP contribution in [0.4, 0.5) is 4.39 Å². The summed E-state index contributed by atoms with van der Waals surface area (Å²) in [5, 5.41) is 0. The third kappa shape index (κ3) is 6.40. The van der Waals surface area contributed by atoms with Crippen LogP contribution < -0.4 is 0 Å². The van der Waals surface area contributed by atoms with E-state index in [0.717, 1.165) is 0 Å². The molecule has 0 aromatic rings. The Balaban J connectivity index is 2.97. The van der Waals surface area contributed by atoms with Crippen LogP contribution in [0.15, 0.2) is 10.2 Å². The fourth-order valence-corrected chi connectivity index (χ4v) is 0.533. The molecule has 0 N–H and O–H groups in total. The minimum atomic E-state index is -0.689. The van der Waals surface area contributed by atoms with Crippen molar-refractivity contribution in [1.82, 2.24) is 0 Å². The van der Waals surface area contributed by atoms with Gasteiger partial charge in [0.05, 0.1) is 0 Å². The molecule has 1 atom stereocenters. The molecule has 0 aromatic carbocycles. The van der Waals surface area contributed by atoms with E-state index in [1.54, 1.807) is 6.92 Å². The van der Waals surface area contributed by atoms with Crippen molar-refractivity contribution in [1.29, 1.82) is 0 Å². The fraction of sp³-hybridized carbons (Fsp3) is 0.600. The summed E-state index contributed by atoms with van der Waals surface area (Å²) in [6.45, 7) is 1.55. The molecule has 0 bridgehead atoms. The number of allylic oxidation sites excluding steroid dienone is 1. The van der Waals surface area contributed by atoms with E-state index in [1.165, 1.54) is 0 Å². The molecule has 0 amide bonds. The third-order valence-corrected chi connectivity index (χ3v) is 1.06. The van der Waals surface area contributed by atoms with E-state index < -0.39 is 6.17 Å². The summed E-state index contributed by atoms with van der Waals surface area (Å²) in [5.74, 6) is 0. The van der Waals surface area contributed by atoms with Gasteiger partial charge in [0.2, 0.25) is 0 Å². The van der Waals surface area contributed by atoms with Crippen molar-refractivity contribution in [3.63, 3.8) is 0 Å². The number of alkyl halides is 1. The van der Waals surface area contributed by atoms with Crippen LogP contribution in [0, 0.1) is 0 Å². The van der Waals surface area contributed by atoms with Crippen molar-refractivity contribution in [2.45, 2.75) is 19.5 Å². The zero-order valence-corrected chi connectivity index (χ0v) is 6.35. The van der Waals surface area contributed by atoms with Crippen LogP contribution in [-0.2, 0) is 0 Å². The second-order valence-corrected chi connectivity index (χ2v) is 2.10. The van der Waals surface area contributed by atoms with Crippen molar-refractivity contribution < 1.29 is 4.39 Å². The molecule has 0 aromatic heterocycles. The van der Waals surface area contributed by atoms with Gasteiger partial charge in [-0.15, -0.1) is 0 Å². The fourth-order valence-electron chi connectivity index (χ4n) is 0.239. The molecular weight excluding hydrogens is 206 g/mol. The summed E-state index contributed by atoms with van der Waals surface area (Å²) in [6.07, 6.45) is 1.67. The minimum absolute atomic E-state index is 0.545. The highest BCUT2D eigenvalue weighted by Gasteiger charge is 1.89. The van der Waals surface area contributed by atoms with Gasteiger partial charge in [0.15, 0.2) is 0 Å². The Morgan fingerprint density at radius 3 is 2.57 bits per heavy atom. The number of halogens is 2. The van der Waals surface area contributed by atoms with Crippen LogP contribution in [0.2, 0.25) is 0 Å². The predicted octanol–water partition coefficient (Wildman–Crippen LogP) is 2.68. The second kappa shape index (κ2) is 4.56. The molecule has 0 aliphatic rings. The van der Waals surface area contributed by atoms with E-state index in [1.807, 2.05) is 10.2 Å². The first-order chi connectivity index (χ1) is 3.27. The Hall–Kier alpha value is 0.400. The summed E-state index contributed by atoms with van der Waals surface area (Å²) in [4.78, 5) is 0. The van der Waals surface area contributed by atoms with E-state index >= 15 is 0 Å². The van der Waals surface area contributed by atoms with Gasteiger partial charge in [0.25, 0.3) is 0 Å². The quantitative estimate of drug-likeness (QED) is 0.620. The van der Waals surface area contributed by atoms with Crippen LogP contribution in [0.3, 0.4) is 0 Å². The standard InChI is InChI=1S/C5H8FI/c1-5(6)3-2-4-7/h2,4-5H,3H2,1H3/b4-2-. The van der Waals surface area contributed by atoms with Crippen LogP contribution in [-0.4, -0.2) is 6.17 Å². The molecule has 0 aliphatic heterocycles. The zero-order valence-electron chi connectivity index (χ0n) is 4.20. The SMILES string of the molecule is CC(F)C/C=C\I. The maximum atomic E-state index is 11.8. The van der Waals surface area contributed by atoms with Crippen molar-refractivity contribution in [2.24, 2.45) is 0 Å². The Morgan fingerprint density at radius 1 is 1.86 bits per heavy atom. The molecule has 42 valence electrons. The highest BCUT2D eigenvalue weighted by atomic mass is 127. The van der Waals surface area contributed by atoms with Crippen molar-refractivity contribution >= 4 is 22.6 Å². The van der Waals surface area contributed by atoms with E-state index in [4.69, 9.17) is 0 Å². The van der Waals surface area contributed by atoms with E-state index in [-0.39, 0.29) is 0 Å². The van der Waals surface area contributed by atoms with Gasteiger partial charge in [0.1, 0.15) is 6.17 Å². The first-order valence-electron chi connectivity index (χ1n) is 2.16. The Kier molecular flexibility index (Phi) is 4.82. The number of hydrogen-bond acceptors (Lipinski definition) is 0. The molecule has 0 rings (SSSR count). The molecule has 0 aliphatic carbocycles. The van der Waals surface area contributed by atoms with Gasteiger partial charge in [-0.3, -0.25) is 0 Å². The zero-order chi connectivity index (χ0) is 5.70. The molecule has 1 unspecified atom stereocenters. The summed E-state index contributed by atoms with van der Waals surface area (Å²) < 4.78 is 13.7. The summed E-state index contributed by atoms with van der Waals surface area (Å²) in [7, 11) is 0. The average molecular weight is 214 g/mol. The lowest BCUT2D eigenvalue weighted by atomic mass is 10.3. The van der Waals surface area contributed by atoms with Gasteiger partial charge in [-0.1, -0.05) is 28.7 Å². The lowest BCUT2D eigenvalue weighted by Crippen LogP contribution is -1.85. The van der Waals surface area contributed by atoms with E-state index in [9.17, 15) is 4.39 Å². The highest BCUT2D eigenvalue weighted by Crippen LogP contribution is 1.97. The van der Waals surface area contributed by atoms with Crippen molar-refractivity contribution in [3.8, 4) is 0 Å². The molecule has 0 saturated carbocycles. The first kappa shape index (κ1) is 7.40. The minimum Gasteiger partial charge on any atom is -0.247 e. The predicted molar refractivity (Wildman–Crippen MR) is 38.3 cm³/mol. The molecule has 2 heteroatoms.